The summed E-state index contributed by atoms with van der Waals surface area (Å²) in [5.41, 5.74) is 1.65. The molecule has 36 heavy (non-hydrogen) atoms. The Hall–Kier alpha value is -3.88. The van der Waals surface area contributed by atoms with Crippen molar-refractivity contribution in [1.29, 1.82) is 0 Å². The third-order valence-electron chi connectivity index (χ3n) is 5.86. The topological polar surface area (TPSA) is 89.0 Å². The number of anilines is 1. The zero-order valence-corrected chi connectivity index (χ0v) is 21.0. The zero-order valence-electron chi connectivity index (χ0n) is 19.4. The lowest BCUT2D eigenvalue weighted by Gasteiger charge is -2.23. The quantitative estimate of drug-likeness (QED) is 0.191. The van der Waals surface area contributed by atoms with Crippen LogP contribution in [0.4, 0.5) is 5.13 Å². The maximum Gasteiger partial charge on any atom is 0.301 e. The molecule has 0 aliphatic carbocycles. The van der Waals surface area contributed by atoms with Gasteiger partial charge in [-0.05, 0) is 67.1 Å². The molecule has 2 heterocycles. The van der Waals surface area contributed by atoms with Crippen LogP contribution in [-0.2, 0) is 9.59 Å². The van der Waals surface area contributed by atoms with E-state index in [2.05, 4.69) is 4.98 Å². The number of carbonyl (C=O) groups is 2. The lowest BCUT2D eigenvalue weighted by atomic mass is 9.95. The molecule has 0 unspecified atom stereocenters. The Morgan fingerprint density at radius 2 is 1.75 bits per heavy atom. The first kappa shape index (κ1) is 23.8. The van der Waals surface area contributed by atoms with Crippen LogP contribution in [0.25, 0.3) is 16.0 Å². The molecule has 1 amide bonds. The fraction of sp³-hybridized carbons (Fsp3) is 0.148. The number of benzene rings is 3. The smallest absolute Gasteiger partial charge is 0.301 e. The number of methoxy groups -OCH3 is 1. The molecule has 1 N–H and O–H groups in total. The van der Waals surface area contributed by atoms with Gasteiger partial charge in [-0.2, -0.15) is 0 Å². The molecule has 0 spiro atoms. The molecule has 1 aromatic heterocycles. The third kappa shape index (κ3) is 4.19. The molecule has 0 saturated carbocycles. The van der Waals surface area contributed by atoms with Crippen LogP contribution >= 0.6 is 22.9 Å². The van der Waals surface area contributed by atoms with Gasteiger partial charge in [0.05, 0.1) is 35.5 Å². The van der Waals surface area contributed by atoms with E-state index in [9.17, 15) is 14.7 Å². The van der Waals surface area contributed by atoms with Crippen LogP contribution < -0.4 is 14.4 Å². The number of aromatic nitrogens is 1. The number of ether oxygens (including phenoxy) is 2. The second kappa shape index (κ2) is 9.64. The standard InChI is InChI=1S/C27H21ClN2O5S/c1-3-35-18-10-6-15(7-11-18)23-22(24(31)16-4-8-17(28)9-5-16)25(32)26(33)30(23)27-29-20-13-12-19(34-2)14-21(20)36-27/h4-14,23,31H,3H2,1-2H3/t23-/m0/s1. The normalized spacial score (nSPS) is 17.1. The number of hydrogen-bond acceptors (Lipinski definition) is 7. The second-order valence-corrected chi connectivity index (χ2v) is 9.45. The van der Waals surface area contributed by atoms with E-state index in [1.165, 1.54) is 16.2 Å². The van der Waals surface area contributed by atoms with Gasteiger partial charge in [0, 0.05) is 10.6 Å². The fourth-order valence-electron chi connectivity index (χ4n) is 4.14. The van der Waals surface area contributed by atoms with Crippen molar-refractivity contribution in [1.82, 2.24) is 4.98 Å². The molecule has 9 heteroatoms. The fourth-order valence-corrected chi connectivity index (χ4v) is 5.29. The molecule has 0 radical (unpaired) electrons. The first-order valence-electron chi connectivity index (χ1n) is 11.2. The molecule has 0 bridgehead atoms. The summed E-state index contributed by atoms with van der Waals surface area (Å²) in [5, 5.41) is 12.0. The SMILES string of the molecule is CCOc1ccc([C@H]2C(=C(O)c3ccc(Cl)cc3)C(=O)C(=O)N2c2nc3ccc(OC)cc3s2)cc1. The largest absolute Gasteiger partial charge is 0.507 e. The van der Waals surface area contributed by atoms with Gasteiger partial charge >= 0.3 is 5.91 Å². The molecule has 1 aliphatic heterocycles. The minimum absolute atomic E-state index is 0.0247. The van der Waals surface area contributed by atoms with Gasteiger partial charge in [0.15, 0.2) is 5.13 Å². The van der Waals surface area contributed by atoms with Crippen molar-refractivity contribution in [3.05, 3.63) is 88.5 Å². The van der Waals surface area contributed by atoms with Crippen LogP contribution in [0.15, 0.2) is 72.3 Å². The van der Waals surface area contributed by atoms with E-state index in [-0.39, 0.29) is 11.3 Å². The number of nitrogens with zero attached hydrogens (tertiary/aromatic N) is 2. The number of halogens is 1. The molecule has 7 nitrogen and oxygen atoms in total. The van der Waals surface area contributed by atoms with Crippen molar-refractivity contribution >= 4 is 55.7 Å². The van der Waals surface area contributed by atoms with Crippen LogP contribution in [0, 0.1) is 0 Å². The molecule has 4 aromatic rings. The first-order valence-corrected chi connectivity index (χ1v) is 12.3. The number of ketones is 1. The minimum Gasteiger partial charge on any atom is -0.507 e. The Bertz CT molecular complexity index is 1500. The van der Waals surface area contributed by atoms with Crippen LogP contribution in [0.5, 0.6) is 11.5 Å². The number of Topliss-reactive ketones (excluding diaryl/α,β-unsaturated/α-hetero) is 1. The first-order chi connectivity index (χ1) is 17.4. The van der Waals surface area contributed by atoms with E-state index in [4.69, 9.17) is 21.1 Å². The molecule has 1 atom stereocenters. The highest BCUT2D eigenvalue weighted by Gasteiger charge is 2.48. The molecule has 1 fully saturated rings. The van der Waals surface area contributed by atoms with Crippen LogP contribution in [-0.4, -0.2) is 35.5 Å². The Labute approximate surface area is 216 Å². The highest BCUT2D eigenvalue weighted by molar-refractivity contribution is 7.22. The summed E-state index contributed by atoms with van der Waals surface area (Å²) in [7, 11) is 1.57. The number of carbonyl (C=O) groups excluding carboxylic acids is 2. The molecule has 1 aliphatic rings. The lowest BCUT2D eigenvalue weighted by molar-refractivity contribution is -0.132. The van der Waals surface area contributed by atoms with E-state index < -0.39 is 17.7 Å². The van der Waals surface area contributed by atoms with Crippen molar-refractivity contribution in [3.8, 4) is 11.5 Å². The number of aliphatic hydroxyl groups is 1. The summed E-state index contributed by atoms with van der Waals surface area (Å²) < 4.78 is 11.7. The molecule has 3 aromatic carbocycles. The Kier molecular flexibility index (Phi) is 6.38. The summed E-state index contributed by atoms with van der Waals surface area (Å²) in [5.74, 6) is -0.531. The van der Waals surface area contributed by atoms with Gasteiger partial charge in [-0.1, -0.05) is 35.1 Å². The summed E-state index contributed by atoms with van der Waals surface area (Å²) >= 11 is 7.27. The van der Waals surface area contributed by atoms with Crippen LogP contribution in [0.3, 0.4) is 0 Å². The third-order valence-corrected chi connectivity index (χ3v) is 7.13. The number of fused-ring (bicyclic) bond motifs is 1. The second-order valence-electron chi connectivity index (χ2n) is 8.01. The van der Waals surface area contributed by atoms with Crippen molar-refractivity contribution in [2.45, 2.75) is 13.0 Å². The van der Waals surface area contributed by atoms with Gasteiger partial charge in [0.1, 0.15) is 17.3 Å². The molecule has 5 rings (SSSR count). The zero-order chi connectivity index (χ0) is 25.4. The average Bonchev–Trinajstić information content (AvgIpc) is 3.42. The lowest BCUT2D eigenvalue weighted by Crippen LogP contribution is -2.29. The highest BCUT2D eigenvalue weighted by atomic mass is 35.5. The monoisotopic (exact) mass is 520 g/mol. The highest BCUT2D eigenvalue weighted by Crippen LogP contribution is 2.45. The molecule has 182 valence electrons. The van der Waals surface area contributed by atoms with Crippen molar-refractivity contribution in [3.63, 3.8) is 0 Å². The number of rotatable bonds is 6. The summed E-state index contributed by atoms with van der Waals surface area (Å²) in [4.78, 5) is 32.7. The van der Waals surface area contributed by atoms with Gasteiger partial charge in [-0.15, -0.1) is 0 Å². The summed E-state index contributed by atoms with van der Waals surface area (Å²) in [6.07, 6.45) is 0. The minimum atomic E-state index is -0.890. The Morgan fingerprint density at radius 3 is 2.42 bits per heavy atom. The predicted molar refractivity (Wildman–Crippen MR) is 140 cm³/mol. The maximum atomic E-state index is 13.4. The Morgan fingerprint density at radius 1 is 1.06 bits per heavy atom. The predicted octanol–water partition coefficient (Wildman–Crippen LogP) is 5.98. The van der Waals surface area contributed by atoms with Crippen molar-refractivity contribution in [2.75, 3.05) is 18.6 Å². The molecular weight excluding hydrogens is 500 g/mol. The van der Waals surface area contributed by atoms with Crippen molar-refractivity contribution < 1.29 is 24.2 Å². The van der Waals surface area contributed by atoms with Crippen molar-refractivity contribution in [2.24, 2.45) is 0 Å². The summed E-state index contributed by atoms with van der Waals surface area (Å²) in [6, 6.07) is 18.0. The van der Waals surface area contributed by atoms with E-state index in [0.717, 1.165) is 4.70 Å². The van der Waals surface area contributed by atoms with Gasteiger partial charge < -0.3 is 14.6 Å². The average molecular weight is 521 g/mol. The number of aliphatic hydroxyl groups excluding tert-OH is 1. The number of hydrogen-bond donors (Lipinski definition) is 1. The number of thiazole rings is 1. The van der Waals surface area contributed by atoms with Gasteiger partial charge in [-0.3, -0.25) is 14.5 Å². The van der Waals surface area contributed by atoms with E-state index in [0.29, 0.717) is 44.9 Å². The van der Waals surface area contributed by atoms with Crippen LogP contribution in [0.2, 0.25) is 5.02 Å². The van der Waals surface area contributed by atoms with Gasteiger partial charge in [-0.25, -0.2) is 4.98 Å². The van der Waals surface area contributed by atoms with E-state index in [1.54, 1.807) is 67.8 Å². The Balaban J connectivity index is 1.69. The van der Waals surface area contributed by atoms with E-state index >= 15 is 0 Å². The number of amides is 1. The van der Waals surface area contributed by atoms with E-state index in [1.807, 2.05) is 13.0 Å². The summed E-state index contributed by atoms with van der Waals surface area (Å²) in [6.45, 7) is 2.39. The van der Waals surface area contributed by atoms with Crippen LogP contribution in [0.1, 0.15) is 24.1 Å². The van der Waals surface area contributed by atoms with Gasteiger partial charge in [0.2, 0.25) is 0 Å². The molecule has 1 saturated heterocycles. The maximum absolute atomic E-state index is 13.4. The molecular formula is C27H21ClN2O5S. The van der Waals surface area contributed by atoms with Gasteiger partial charge in [0.25, 0.3) is 5.78 Å².